The molecular formula is C27H35ClN3O. The minimum absolute atomic E-state index is 0.131. The van der Waals surface area contributed by atoms with Gasteiger partial charge in [0.05, 0.1) is 6.42 Å². The summed E-state index contributed by atoms with van der Waals surface area (Å²) in [5.41, 5.74) is 3.86. The van der Waals surface area contributed by atoms with Gasteiger partial charge in [-0.1, -0.05) is 48.9 Å². The number of rotatable bonds is 10. The molecule has 2 fully saturated rings. The Kier molecular flexibility index (Phi) is 8.10. The van der Waals surface area contributed by atoms with Gasteiger partial charge in [-0.3, -0.25) is 9.69 Å². The number of para-hydroxylation sites is 1. The highest BCUT2D eigenvalue weighted by Crippen LogP contribution is 2.31. The predicted molar refractivity (Wildman–Crippen MR) is 133 cm³/mol. The summed E-state index contributed by atoms with van der Waals surface area (Å²) in [6.07, 6.45) is 6.43. The molecule has 2 aromatic rings. The number of hydrogen-bond acceptors (Lipinski definition) is 3. The summed E-state index contributed by atoms with van der Waals surface area (Å²) in [6.45, 7) is 8.99. The van der Waals surface area contributed by atoms with E-state index in [0.717, 1.165) is 55.8 Å². The molecule has 2 aromatic carbocycles. The SMILES string of the molecule is CCCN(Cc1ccccc1N1CCN(C(=O)[CH]Cc2ccc(Cl)cc2)CC1)CC1CC1. The van der Waals surface area contributed by atoms with Gasteiger partial charge in [0.1, 0.15) is 0 Å². The van der Waals surface area contributed by atoms with Gasteiger partial charge in [0.15, 0.2) is 0 Å². The van der Waals surface area contributed by atoms with Crippen LogP contribution in [0, 0.1) is 12.3 Å². The number of nitrogens with zero attached hydrogens (tertiary/aromatic N) is 3. The molecule has 1 aliphatic heterocycles. The first kappa shape index (κ1) is 23.1. The molecule has 171 valence electrons. The summed E-state index contributed by atoms with van der Waals surface area (Å²) in [5, 5.41) is 0.724. The third-order valence-electron chi connectivity index (χ3n) is 6.50. The number of benzene rings is 2. The zero-order valence-corrected chi connectivity index (χ0v) is 19.9. The molecule has 0 atom stereocenters. The second-order valence-electron chi connectivity index (χ2n) is 9.15. The lowest BCUT2D eigenvalue weighted by Gasteiger charge is -2.37. The van der Waals surface area contributed by atoms with Gasteiger partial charge < -0.3 is 9.80 Å². The standard InChI is InChI=1S/C27H35ClN3O/c1-2-15-29(20-23-7-8-23)21-24-5-3-4-6-26(24)30-16-18-31(19-17-30)27(32)14-11-22-9-12-25(28)13-10-22/h3-6,9-10,12-14,23H,2,7-8,11,15-21H2,1H3. The van der Waals surface area contributed by atoms with Crippen molar-refractivity contribution in [2.45, 2.75) is 39.2 Å². The van der Waals surface area contributed by atoms with Crippen LogP contribution >= 0.6 is 11.6 Å². The molecule has 1 radical (unpaired) electrons. The van der Waals surface area contributed by atoms with Crippen LogP contribution < -0.4 is 4.90 Å². The number of carbonyl (C=O) groups is 1. The Bertz CT molecular complexity index is 873. The maximum atomic E-state index is 12.7. The highest BCUT2D eigenvalue weighted by Gasteiger charge is 2.26. The van der Waals surface area contributed by atoms with Crippen LogP contribution in [0.1, 0.15) is 37.3 Å². The quantitative estimate of drug-likeness (QED) is 0.504. The third-order valence-corrected chi connectivity index (χ3v) is 6.75. The first-order valence-electron chi connectivity index (χ1n) is 12.0. The van der Waals surface area contributed by atoms with Gasteiger partial charge in [-0.05, 0) is 67.5 Å². The van der Waals surface area contributed by atoms with Gasteiger partial charge in [0, 0.05) is 50.0 Å². The van der Waals surface area contributed by atoms with E-state index in [4.69, 9.17) is 11.6 Å². The first-order valence-corrected chi connectivity index (χ1v) is 12.4. The highest BCUT2D eigenvalue weighted by molar-refractivity contribution is 6.30. The van der Waals surface area contributed by atoms with Crippen molar-refractivity contribution in [1.82, 2.24) is 9.80 Å². The van der Waals surface area contributed by atoms with Gasteiger partial charge in [0.25, 0.3) is 0 Å². The number of hydrogen-bond donors (Lipinski definition) is 0. The van der Waals surface area contributed by atoms with Crippen LogP contribution in [-0.2, 0) is 17.8 Å². The van der Waals surface area contributed by atoms with Crippen LogP contribution in [0.15, 0.2) is 48.5 Å². The Labute approximate surface area is 198 Å². The van der Waals surface area contributed by atoms with E-state index in [1.165, 1.54) is 37.1 Å². The fourth-order valence-electron chi connectivity index (χ4n) is 4.53. The topological polar surface area (TPSA) is 26.8 Å². The molecule has 0 spiro atoms. The average Bonchev–Trinajstić information content (AvgIpc) is 3.63. The van der Waals surface area contributed by atoms with E-state index in [2.05, 4.69) is 41.0 Å². The molecule has 32 heavy (non-hydrogen) atoms. The fraction of sp³-hybridized carbons (Fsp3) is 0.481. The summed E-state index contributed by atoms with van der Waals surface area (Å²) in [6, 6.07) is 16.5. The summed E-state index contributed by atoms with van der Waals surface area (Å²) >= 11 is 5.95. The first-order chi connectivity index (χ1) is 15.6. The molecule has 1 saturated carbocycles. The van der Waals surface area contributed by atoms with Crippen molar-refractivity contribution < 1.29 is 4.79 Å². The molecule has 0 bridgehead atoms. The van der Waals surface area contributed by atoms with Crippen molar-refractivity contribution in [2.75, 3.05) is 44.2 Å². The average molecular weight is 453 g/mol. The lowest BCUT2D eigenvalue weighted by Crippen LogP contribution is -2.49. The minimum Gasteiger partial charge on any atom is -0.368 e. The maximum Gasteiger partial charge on any atom is 0.226 e. The molecule has 1 heterocycles. The van der Waals surface area contributed by atoms with Crippen molar-refractivity contribution in [3.8, 4) is 0 Å². The normalized spacial score (nSPS) is 16.6. The Hall–Kier alpha value is -2.04. The van der Waals surface area contributed by atoms with Gasteiger partial charge in [-0.2, -0.15) is 0 Å². The summed E-state index contributed by atoms with van der Waals surface area (Å²) < 4.78 is 0. The molecule has 1 saturated heterocycles. The predicted octanol–water partition coefficient (Wildman–Crippen LogP) is 5.06. The van der Waals surface area contributed by atoms with E-state index in [9.17, 15) is 4.79 Å². The molecule has 4 nitrogen and oxygen atoms in total. The van der Waals surface area contributed by atoms with Gasteiger partial charge >= 0.3 is 0 Å². The Morgan fingerprint density at radius 2 is 1.78 bits per heavy atom. The van der Waals surface area contributed by atoms with Crippen molar-refractivity contribution >= 4 is 23.2 Å². The van der Waals surface area contributed by atoms with E-state index >= 15 is 0 Å². The molecule has 4 rings (SSSR count). The van der Waals surface area contributed by atoms with Crippen LogP contribution in [0.4, 0.5) is 5.69 Å². The number of carbonyl (C=O) groups excluding carboxylic acids is 1. The highest BCUT2D eigenvalue weighted by atomic mass is 35.5. The van der Waals surface area contributed by atoms with Crippen molar-refractivity contribution in [3.05, 3.63) is 71.1 Å². The van der Waals surface area contributed by atoms with Gasteiger partial charge in [-0.15, -0.1) is 0 Å². The lowest BCUT2D eigenvalue weighted by molar-refractivity contribution is -0.127. The van der Waals surface area contributed by atoms with Crippen molar-refractivity contribution in [1.29, 1.82) is 0 Å². The Morgan fingerprint density at radius 1 is 1.06 bits per heavy atom. The number of anilines is 1. The molecule has 2 aliphatic rings. The number of amides is 1. The van der Waals surface area contributed by atoms with Crippen LogP contribution in [0.2, 0.25) is 5.02 Å². The zero-order chi connectivity index (χ0) is 22.3. The van der Waals surface area contributed by atoms with Gasteiger partial charge in [0.2, 0.25) is 5.91 Å². The monoisotopic (exact) mass is 452 g/mol. The second-order valence-corrected chi connectivity index (χ2v) is 9.59. The molecule has 0 unspecified atom stereocenters. The molecule has 0 aromatic heterocycles. The Balaban J connectivity index is 1.30. The molecule has 1 aliphatic carbocycles. The molecular weight excluding hydrogens is 418 g/mol. The molecule has 1 amide bonds. The molecule has 5 heteroatoms. The second kappa shape index (κ2) is 11.2. The van der Waals surface area contributed by atoms with Crippen molar-refractivity contribution in [3.63, 3.8) is 0 Å². The van der Waals surface area contributed by atoms with Crippen LogP contribution in [0.5, 0.6) is 0 Å². The third kappa shape index (κ3) is 6.49. The molecule has 0 N–H and O–H groups in total. The van der Waals surface area contributed by atoms with E-state index in [1.54, 1.807) is 6.42 Å². The zero-order valence-electron chi connectivity index (χ0n) is 19.2. The van der Waals surface area contributed by atoms with Crippen LogP contribution in [0.25, 0.3) is 0 Å². The van der Waals surface area contributed by atoms with Crippen LogP contribution in [0.3, 0.4) is 0 Å². The minimum atomic E-state index is 0.131. The van der Waals surface area contributed by atoms with E-state index < -0.39 is 0 Å². The van der Waals surface area contributed by atoms with Gasteiger partial charge in [-0.25, -0.2) is 0 Å². The summed E-state index contributed by atoms with van der Waals surface area (Å²) in [5.74, 6) is 1.04. The van der Waals surface area contributed by atoms with Crippen LogP contribution in [-0.4, -0.2) is 55.0 Å². The van der Waals surface area contributed by atoms with E-state index in [0.29, 0.717) is 6.42 Å². The van der Waals surface area contributed by atoms with Crippen molar-refractivity contribution in [2.24, 2.45) is 5.92 Å². The smallest absolute Gasteiger partial charge is 0.226 e. The number of halogens is 1. The number of piperazine rings is 1. The van der Waals surface area contributed by atoms with E-state index in [1.807, 2.05) is 29.2 Å². The summed E-state index contributed by atoms with van der Waals surface area (Å²) in [4.78, 5) is 19.8. The fourth-order valence-corrected chi connectivity index (χ4v) is 4.66. The largest absolute Gasteiger partial charge is 0.368 e. The maximum absolute atomic E-state index is 12.7. The Morgan fingerprint density at radius 3 is 2.47 bits per heavy atom. The summed E-state index contributed by atoms with van der Waals surface area (Å²) in [7, 11) is 0. The lowest BCUT2D eigenvalue weighted by atomic mass is 10.1. The van der Waals surface area contributed by atoms with E-state index in [-0.39, 0.29) is 5.91 Å².